The van der Waals surface area contributed by atoms with Gasteiger partial charge in [-0.2, -0.15) is 13.2 Å². The third-order valence-corrected chi connectivity index (χ3v) is 4.61. The van der Waals surface area contributed by atoms with Crippen LogP contribution in [-0.2, 0) is 22.6 Å². The van der Waals surface area contributed by atoms with Crippen molar-refractivity contribution in [3.8, 4) is 0 Å². The molecule has 0 saturated carbocycles. The molecule has 0 amide bonds. The highest BCUT2D eigenvalue weighted by Crippen LogP contribution is 2.16. The molecule has 1 unspecified atom stereocenters. The largest absolute Gasteiger partial charge is 0.411 e. The lowest BCUT2D eigenvalue weighted by molar-refractivity contribution is -0.176. The Morgan fingerprint density at radius 1 is 1.17 bits per heavy atom. The molecular formula is C21H33F3N4O2. The second-order valence-corrected chi connectivity index (χ2v) is 7.52. The van der Waals surface area contributed by atoms with Gasteiger partial charge in [-0.1, -0.05) is 31.2 Å². The summed E-state index contributed by atoms with van der Waals surface area (Å²) >= 11 is 0. The van der Waals surface area contributed by atoms with Crippen molar-refractivity contribution in [3.63, 3.8) is 0 Å². The van der Waals surface area contributed by atoms with E-state index in [1.165, 1.54) is 0 Å². The van der Waals surface area contributed by atoms with Gasteiger partial charge in [-0.05, 0) is 24.0 Å². The molecule has 6 nitrogen and oxygen atoms in total. The normalized spacial score (nSPS) is 17.0. The average molecular weight is 431 g/mol. The van der Waals surface area contributed by atoms with Gasteiger partial charge in [0.05, 0.1) is 26.4 Å². The number of morpholine rings is 1. The van der Waals surface area contributed by atoms with Crippen LogP contribution >= 0.6 is 0 Å². The fraction of sp³-hybridized carbons (Fsp3) is 0.667. The molecule has 1 aromatic rings. The lowest BCUT2D eigenvalue weighted by Gasteiger charge is -2.29. The summed E-state index contributed by atoms with van der Waals surface area (Å²) in [5.41, 5.74) is 1.68. The van der Waals surface area contributed by atoms with Crippen LogP contribution in [0.2, 0.25) is 0 Å². The number of ether oxygens (including phenoxy) is 2. The SMILES string of the molecule is CCNC(=NCc1ccc(COCC(F)(F)F)cc1)NCC(C)CN1CCOCC1. The summed E-state index contributed by atoms with van der Waals surface area (Å²) < 4.78 is 46.5. The van der Waals surface area contributed by atoms with Gasteiger partial charge in [0, 0.05) is 32.7 Å². The Morgan fingerprint density at radius 3 is 2.47 bits per heavy atom. The van der Waals surface area contributed by atoms with E-state index in [1.54, 1.807) is 12.1 Å². The number of guanidine groups is 1. The van der Waals surface area contributed by atoms with E-state index in [2.05, 4.69) is 32.2 Å². The quantitative estimate of drug-likeness (QED) is 0.442. The van der Waals surface area contributed by atoms with Gasteiger partial charge in [-0.25, -0.2) is 4.99 Å². The summed E-state index contributed by atoms with van der Waals surface area (Å²) in [6.07, 6.45) is -4.30. The van der Waals surface area contributed by atoms with E-state index in [1.807, 2.05) is 19.1 Å². The molecule has 1 saturated heterocycles. The molecule has 1 heterocycles. The fourth-order valence-electron chi connectivity index (χ4n) is 3.10. The summed E-state index contributed by atoms with van der Waals surface area (Å²) in [6.45, 7) is 9.59. The summed E-state index contributed by atoms with van der Waals surface area (Å²) in [5, 5.41) is 6.63. The number of hydrogen-bond acceptors (Lipinski definition) is 4. The highest BCUT2D eigenvalue weighted by molar-refractivity contribution is 5.79. The molecule has 2 rings (SSSR count). The van der Waals surface area contributed by atoms with Gasteiger partial charge in [0.25, 0.3) is 0 Å². The first-order valence-electron chi connectivity index (χ1n) is 10.4. The Bertz CT molecular complexity index is 632. The monoisotopic (exact) mass is 430 g/mol. The number of benzene rings is 1. The lowest BCUT2D eigenvalue weighted by Crippen LogP contribution is -2.44. The van der Waals surface area contributed by atoms with Gasteiger partial charge < -0.3 is 20.1 Å². The summed E-state index contributed by atoms with van der Waals surface area (Å²) in [6, 6.07) is 7.26. The number of nitrogens with zero attached hydrogens (tertiary/aromatic N) is 2. The Hall–Kier alpha value is -1.84. The molecule has 9 heteroatoms. The van der Waals surface area contributed by atoms with Crippen LogP contribution in [0.1, 0.15) is 25.0 Å². The van der Waals surface area contributed by atoms with Crippen LogP contribution in [0.3, 0.4) is 0 Å². The van der Waals surface area contributed by atoms with Crippen LogP contribution in [0.4, 0.5) is 13.2 Å². The molecule has 1 aromatic carbocycles. The van der Waals surface area contributed by atoms with Crippen LogP contribution in [-0.4, -0.2) is 69.6 Å². The Morgan fingerprint density at radius 2 is 1.83 bits per heavy atom. The van der Waals surface area contributed by atoms with Crippen LogP contribution in [0, 0.1) is 5.92 Å². The molecule has 0 aromatic heterocycles. The highest BCUT2D eigenvalue weighted by Gasteiger charge is 2.27. The Kier molecular flexibility index (Phi) is 10.4. The van der Waals surface area contributed by atoms with Crippen LogP contribution in [0.15, 0.2) is 29.3 Å². The van der Waals surface area contributed by atoms with Crippen LogP contribution in [0.5, 0.6) is 0 Å². The highest BCUT2D eigenvalue weighted by atomic mass is 19.4. The molecule has 1 aliphatic heterocycles. The number of hydrogen-bond donors (Lipinski definition) is 2. The van der Waals surface area contributed by atoms with Crippen molar-refractivity contribution >= 4 is 5.96 Å². The van der Waals surface area contributed by atoms with E-state index in [0.29, 0.717) is 18.0 Å². The zero-order valence-electron chi connectivity index (χ0n) is 17.8. The maximum absolute atomic E-state index is 12.1. The lowest BCUT2D eigenvalue weighted by atomic mass is 10.1. The molecule has 0 radical (unpaired) electrons. The standard InChI is InChI=1S/C21H33F3N4O2/c1-3-25-20(26-12-17(2)14-28-8-10-29-11-9-28)27-13-18-4-6-19(7-5-18)15-30-16-21(22,23)24/h4-7,17H,3,8-16H2,1-2H3,(H2,25,26,27). The number of rotatable bonds is 10. The topological polar surface area (TPSA) is 58.1 Å². The molecule has 0 bridgehead atoms. The Balaban J connectivity index is 1.77. The van der Waals surface area contributed by atoms with E-state index in [-0.39, 0.29) is 6.61 Å². The van der Waals surface area contributed by atoms with Crippen molar-refractivity contribution in [3.05, 3.63) is 35.4 Å². The number of aliphatic imine (C=N–C) groups is 1. The van der Waals surface area contributed by atoms with Crippen molar-refractivity contribution in [2.24, 2.45) is 10.9 Å². The molecule has 0 aliphatic carbocycles. The zero-order valence-corrected chi connectivity index (χ0v) is 17.8. The minimum absolute atomic E-state index is 0.0612. The second kappa shape index (κ2) is 12.8. The van der Waals surface area contributed by atoms with Gasteiger partial charge in [-0.3, -0.25) is 4.90 Å². The van der Waals surface area contributed by atoms with Gasteiger partial charge in [0.15, 0.2) is 5.96 Å². The first-order valence-corrected chi connectivity index (χ1v) is 10.4. The van der Waals surface area contributed by atoms with Crippen molar-refractivity contribution in [2.75, 3.05) is 52.5 Å². The molecule has 1 fully saturated rings. The van der Waals surface area contributed by atoms with E-state index in [0.717, 1.165) is 57.5 Å². The first kappa shape index (κ1) is 24.4. The number of halogens is 3. The van der Waals surface area contributed by atoms with E-state index in [4.69, 9.17) is 4.74 Å². The third kappa shape index (κ3) is 10.3. The average Bonchev–Trinajstić information content (AvgIpc) is 2.71. The zero-order chi connectivity index (χ0) is 21.8. The minimum atomic E-state index is -4.30. The molecule has 0 spiro atoms. The number of alkyl halides is 3. The summed E-state index contributed by atoms with van der Waals surface area (Å²) in [7, 11) is 0. The predicted octanol–water partition coefficient (Wildman–Crippen LogP) is 2.79. The van der Waals surface area contributed by atoms with Crippen LogP contribution in [0.25, 0.3) is 0 Å². The third-order valence-electron chi connectivity index (χ3n) is 4.61. The Labute approximate surface area is 176 Å². The van der Waals surface area contributed by atoms with E-state index < -0.39 is 12.8 Å². The number of nitrogens with one attached hydrogen (secondary N) is 2. The first-order chi connectivity index (χ1) is 14.4. The second-order valence-electron chi connectivity index (χ2n) is 7.52. The molecule has 170 valence electrons. The fourth-order valence-corrected chi connectivity index (χ4v) is 3.10. The van der Waals surface area contributed by atoms with Gasteiger partial charge in [-0.15, -0.1) is 0 Å². The van der Waals surface area contributed by atoms with Gasteiger partial charge >= 0.3 is 6.18 Å². The predicted molar refractivity (Wildman–Crippen MR) is 111 cm³/mol. The molecule has 30 heavy (non-hydrogen) atoms. The molecule has 1 aliphatic rings. The van der Waals surface area contributed by atoms with Crippen molar-refractivity contribution in [1.82, 2.24) is 15.5 Å². The van der Waals surface area contributed by atoms with Gasteiger partial charge in [0.1, 0.15) is 6.61 Å². The molecular weight excluding hydrogens is 397 g/mol. The van der Waals surface area contributed by atoms with E-state index in [9.17, 15) is 13.2 Å². The maximum Gasteiger partial charge on any atom is 0.411 e. The maximum atomic E-state index is 12.1. The van der Waals surface area contributed by atoms with Crippen molar-refractivity contribution in [1.29, 1.82) is 0 Å². The van der Waals surface area contributed by atoms with Crippen molar-refractivity contribution in [2.45, 2.75) is 33.2 Å². The molecule has 2 N–H and O–H groups in total. The molecule has 1 atom stereocenters. The summed E-state index contributed by atoms with van der Waals surface area (Å²) in [4.78, 5) is 7.02. The van der Waals surface area contributed by atoms with Gasteiger partial charge in [0.2, 0.25) is 0 Å². The van der Waals surface area contributed by atoms with Crippen LogP contribution < -0.4 is 10.6 Å². The van der Waals surface area contributed by atoms with Crippen molar-refractivity contribution < 1.29 is 22.6 Å². The smallest absolute Gasteiger partial charge is 0.379 e. The summed E-state index contributed by atoms with van der Waals surface area (Å²) in [5.74, 6) is 1.23. The minimum Gasteiger partial charge on any atom is -0.379 e. The van der Waals surface area contributed by atoms with E-state index >= 15 is 0 Å².